The molecular weight excluding hydrogens is 619 g/mol. The molecule has 0 unspecified atom stereocenters. The largest absolute Gasteiger partial charge is 0.309 e. The van der Waals surface area contributed by atoms with Gasteiger partial charge in [-0.25, -0.2) is 0 Å². The number of nitrogens with zero attached hydrogens (tertiary/aromatic N) is 3. The Bertz CT molecular complexity index is 3340. The van der Waals surface area contributed by atoms with Crippen molar-refractivity contribution >= 4 is 81.7 Å². The van der Waals surface area contributed by atoms with E-state index in [-0.39, 0.29) is 0 Å². The van der Waals surface area contributed by atoms with Crippen LogP contribution in [0.15, 0.2) is 176 Å². The summed E-state index contributed by atoms with van der Waals surface area (Å²) in [6, 6.07) is 64.5. The van der Waals surface area contributed by atoms with Crippen LogP contribution in [0.5, 0.6) is 0 Å². The molecule has 51 heavy (non-hydrogen) atoms. The van der Waals surface area contributed by atoms with E-state index in [1.54, 1.807) is 0 Å². The number of aromatic nitrogens is 3. The molecule has 12 rings (SSSR count). The molecule has 0 aliphatic rings. The molecule has 0 amide bonds. The summed E-state index contributed by atoms with van der Waals surface area (Å²) >= 11 is 0. The van der Waals surface area contributed by atoms with Gasteiger partial charge in [0, 0.05) is 54.5 Å². The first kappa shape index (κ1) is 27.0. The van der Waals surface area contributed by atoms with E-state index in [2.05, 4.69) is 189 Å². The van der Waals surface area contributed by atoms with Gasteiger partial charge in [-0.05, 0) is 77.9 Å². The van der Waals surface area contributed by atoms with Crippen LogP contribution in [0.1, 0.15) is 0 Å². The predicted molar refractivity (Wildman–Crippen MR) is 215 cm³/mol. The number of benzene rings is 8. The number of hydrogen-bond acceptors (Lipinski definition) is 0. The minimum absolute atomic E-state index is 1.16. The Hall–Kier alpha value is -6.84. The topological polar surface area (TPSA) is 14.3 Å². The second-order valence-corrected chi connectivity index (χ2v) is 13.7. The highest BCUT2D eigenvalue weighted by atomic mass is 15.0. The Morgan fingerprint density at radius 1 is 0.275 bits per heavy atom. The molecule has 0 fully saturated rings. The summed E-state index contributed by atoms with van der Waals surface area (Å²) in [6.07, 6.45) is 0. The van der Waals surface area contributed by atoms with Gasteiger partial charge in [0.25, 0.3) is 0 Å². The van der Waals surface area contributed by atoms with E-state index in [1.807, 2.05) is 0 Å². The SMILES string of the molecule is c1ccc(-n2c3ccccc3c3cc(-c4ccc(-n5c6ccccc6c6cc7c8ccccc8n8c9ccccc9c(c65)c78)cc4)ccc32)cc1. The molecule has 0 N–H and O–H groups in total. The van der Waals surface area contributed by atoms with Gasteiger partial charge in [-0.3, -0.25) is 0 Å². The van der Waals surface area contributed by atoms with E-state index in [0.717, 1.165) is 5.69 Å². The van der Waals surface area contributed by atoms with Gasteiger partial charge in [0.05, 0.1) is 38.6 Å². The summed E-state index contributed by atoms with van der Waals surface area (Å²) in [5, 5.41) is 10.3. The highest BCUT2D eigenvalue weighted by molar-refractivity contribution is 6.34. The van der Waals surface area contributed by atoms with Crippen molar-refractivity contribution < 1.29 is 0 Å². The Morgan fingerprint density at radius 3 is 1.49 bits per heavy atom. The van der Waals surface area contributed by atoms with Gasteiger partial charge in [-0.15, -0.1) is 0 Å². The van der Waals surface area contributed by atoms with E-state index in [9.17, 15) is 0 Å². The van der Waals surface area contributed by atoms with E-state index in [0.29, 0.717) is 0 Å². The molecule has 236 valence electrons. The molecule has 8 aromatic carbocycles. The van der Waals surface area contributed by atoms with Crippen LogP contribution in [0.3, 0.4) is 0 Å². The van der Waals surface area contributed by atoms with Crippen LogP contribution >= 0.6 is 0 Å². The molecule has 0 aliphatic heterocycles. The zero-order chi connectivity index (χ0) is 33.2. The quantitative estimate of drug-likeness (QED) is 0.181. The second kappa shape index (κ2) is 9.87. The number of hydrogen-bond donors (Lipinski definition) is 0. The van der Waals surface area contributed by atoms with E-state index >= 15 is 0 Å². The van der Waals surface area contributed by atoms with Gasteiger partial charge >= 0.3 is 0 Å². The van der Waals surface area contributed by atoms with E-state index < -0.39 is 0 Å². The summed E-state index contributed by atoms with van der Waals surface area (Å²) in [5.74, 6) is 0. The lowest BCUT2D eigenvalue weighted by Crippen LogP contribution is -1.94. The molecule has 0 bridgehead atoms. The van der Waals surface area contributed by atoms with Crippen molar-refractivity contribution in [3.05, 3.63) is 176 Å². The molecule has 12 aromatic rings. The summed E-state index contributed by atoms with van der Waals surface area (Å²) in [5.41, 5.74) is 13.5. The molecular formula is C48H29N3. The Balaban J connectivity index is 1.09. The third-order valence-corrected chi connectivity index (χ3v) is 11.2. The van der Waals surface area contributed by atoms with Crippen molar-refractivity contribution in [3.63, 3.8) is 0 Å². The minimum atomic E-state index is 1.16. The van der Waals surface area contributed by atoms with Crippen LogP contribution in [-0.4, -0.2) is 13.5 Å². The van der Waals surface area contributed by atoms with Crippen LogP contribution in [0.2, 0.25) is 0 Å². The average molecular weight is 648 g/mol. The Morgan fingerprint density at radius 2 is 0.765 bits per heavy atom. The summed E-state index contributed by atoms with van der Waals surface area (Å²) in [7, 11) is 0. The summed E-state index contributed by atoms with van der Waals surface area (Å²) in [4.78, 5) is 0. The number of para-hydroxylation sites is 5. The fraction of sp³-hybridized carbons (Fsp3) is 0. The first-order valence-corrected chi connectivity index (χ1v) is 17.6. The zero-order valence-electron chi connectivity index (χ0n) is 27.6. The molecule has 4 heterocycles. The van der Waals surface area contributed by atoms with Crippen molar-refractivity contribution in [2.45, 2.75) is 0 Å². The Kier molecular flexibility index (Phi) is 5.23. The first-order valence-electron chi connectivity index (χ1n) is 17.6. The van der Waals surface area contributed by atoms with Gasteiger partial charge in [0.1, 0.15) is 0 Å². The van der Waals surface area contributed by atoms with Crippen LogP contribution in [0.25, 0.3) is 104 Å². The third kappa shape index (κ3) is 3.52. The van der Waals surface area contributed by atoms with Crippen molar-refractivity contribution in [1.82, 2.24) is 13.5 Å². The highest BCUT2D eigenvalue weighted by Crippen LogP contribution is 2.46. The fourth-order valence-corrected chi connectivity index (χ4v) is 9.04. The normalized spacial score (nSPS) is 12.3. The van der Waals surface area contributed by atoms with Crippen LogP contribution in [0, 0.1) is 0 Å². The maximum Gasteiger partial charge on any atom is 0.0642 e. The van der Waals surface area contributed by atoms with Crippen molar-refractivity contribution in [1.29, 1.82) is 0 Å². The van der Waals surface area contributed by atoms with Crippen LogP contribution < -0.4 is 0 Å². The zero-order valence-corrected chi connectivity index (χ0v) is 27.6. The molecule has 0 radical (unpaired) electrons. The molecule has 3 heteroatoms. The second-order valence-electron chi connectivity index (χ2n) is 13.7. The minimum Gasteiger partial charge on any atom is -0.309 e. The van der Waals surface area contributed by atoms with Gasteiger partial charge in [0.15, 0.2) is 0 Å². The molecule has 4 aromatic heterocycles. The van der Waals surface area contributed by atoms with E-state index in [4.69, 9.17) is 0 Å². The lowest BCUT2D eigenvalue weighted by atomic mass is 10.0. The monoisotopic (exact) mass is 647 g/mol. The molecule has 0 saturated heterocycles. The molecule has 0 saturated carbocycles. The lowest BCUT2D eigenvalue weighted by Gasteiger charge is -2.11. The predicted octanol–water partition coefficient (Wildman–Crippen LogP) is 12.7. The highest BCUT2D eigenvalue weighted by Gasteiger charge is 2.24. The first-order chi connectivity index (χ1) is 25.3. The van der Waals surface area contributed by atoms with Gasteiger partial charge in [-0.1, -0.05) is 109 Å². The summed E-state index contributed by atoms with van der Waals surface area (Å²) < 4.78 is 7.34. The smallest absolute Gasteiger partial charge is 0.0642 e. The average Bonchev–Trinajstić information content (AvgIpc) is 3.92. The van der Waals surface area contributed by atoms with E-state index in [1.165, 1.54) is 98.5 Å². The van der Waals surface area contributed by atoms with Crippen molar-refractivity contribution in [2.75, 3.05) is 0 Å². The summed E-state index contributed by atoms with van der Waals surface area (Å²) in [6.45, 7) is 0. The van der Waals surface area contributed by atoms with Crippen molar-refractivity contribution in [3.8, 4) is 22.5 Å². The van der Waals surface area contributed by atoms with Crippen molar-refractivity contribution in [2.24, 2.45) is 0 Å². The fourth-order valence-electron chi connectivity index (χ4n) is 9.04. The molecule has 3 nitrogen and oxygen atoms in total. The number of rotatable bonds is 3. The maximum absolute atomic E-state index is 2.49. The van der Waals surface area contributed by atoms with Crippen LogP contribution in [-0.2, 0) is 0 Å². The molecule has 0 atom stereocenters. The van der Waals surface area contributed by atoms with Gasteiger partial charge in [0.2, 0.25) is 0 Å². The lowest BCUT2D eigenvalue weighted by molar-refractivity contribution is 1.18. The molecule has 0 spiro atoms. The van der Waals surface area contributed by atoms with Gasteiger partial charge < -0.3 is 13.5 Å². The standard InChI is InChI=1S/C48H29N3/c1-2-12-32(13-3-1)49-41-18-8-4-14-34(41)38-28-31(24-27-45(38)49)30-22-25-33(26-23-30)50-42-19-9-5-15-35(42)39-29-40-36-16-6-10-20-43(36)51-44-21-11-7-17-37(44)46(47(39)50)48(40)51/h1-29H. The maximum atomic E-state index is 2.49. The number of fused-ring (bicyclic) bond motifs is 13. The van der Waals surface area contributed by atoms with Gasteiger partial charge in [-0.2, -0.15) is 0 Å². The Labute approximate surface area is 292 Å². The third-order valence-electron chi connectivity index (χ3n) is 11.2. The van der Waals surface area contributed by atoms with Crippen LogP contribution in [0.4, 0.5) is 0 Å². The molecule has 0 aliphatic carbocycles.